The van der Waals surface area contributed by atoms with Crippen molar-refractivity contribution in [3.8, 4) is 34.0 Å². The first kappa shape index (κ1) is 34.3. The van der Waals surface area contributed by atoms with Crippen molar-refractivity contribution in [2.45, 2.75) is 56.3 Å². The molecule has 3 heterocycles. The van der Waals surface area contributed by atoms with E-state index in [0.29, 0.717) is 35.0 Å². The fraction of sp³-hybridized carbons (Fsp3) is 0.256. The van der Waals surface area contributed by atoms with Crippen molar-refractivity contribution in [2.75, 3.05) is 6.54 Å². The molecule has 8 rings (SSSR count). The van der Waals surface area contributed by atoms with Gasteiger partial charge in [-0.25, -0.2) is 9.97 Å². The summed E-state index contributed by atoms with van der Waals surface area (Å²) in [4.78, 5) is 44.5. The Hall–Kier alpha value is -5.84. The van der Waals surface area contributed by atoms with Crippen molar-refractivity contribution in [2.24, 2.45) is 5.92 Å². The highest BCUT2D eigenvalue weighted by molar-refractivity contribution is 5.87. The summed E-state index contributed by atoms with van der Waals surface area (Å²) in [5.41, 5.74) is 4.68. The van der Waals surface area contributed by atoms with Crippen LogP contribution in [0.2, 0.25) is 0 Å². The number of benzene rings is 4. The van der Waals surface area contributed by atoms with Crippen molar-refractivity contribution in [3.05, 3.63) is 144 Å². The maximum Gasteiger partial charge on any atom is 0.256 e. The normalized spacial score (nSPS) is 19.6. The average Bonchev–Trinajstić information content (AvgIpc) is 4.05. The highest BCUT2D eigenvalue weighted by atomic mass is 16.5. The number of aromatic amines is 2. The summed E-state index contributed by atoms with van der Waals surface area (Å²) < 4.78 is 6.24. The molecule has 5 atom stereocenters. The number of rotatable bonds is 11. The summed E-state index contributed by atoms with van der Waals surface area (Å²) in [6.07, 6.45) is 5.29. The van der Waals surface area contributed by atoms with Gasteiger partial charge in [0, 0.05) is 23.9 Å². The number of likely N-dealkylation sites (tertiary alicyclic amines) is 1. The van der Waals surface area contributed by atoms with Crippen LogP contribution >= 0.6 is 0 Å². The molecule has 0 spiro atoms. The van der Waals surface area contributed by atoms with Gasteiger partial charge in [0.25, 0.3) is 5.91 Å². The van der Waals surface area contributed by atoms with Gasteiger partial charge in [0.15, 0.2) is 11.9 Å². The van der Waals surface area contributed by atoms with E-state index in [9.17, 15) is 19.8 Å². The number of ether oxygens (including phenoxy) is 1. The van der Waals surface area contributed by atoms with Crippen LogP contribution in [-0.4, -0.2) is 53.3 Å². The standard InChI is InChI=1S/C43H41N5O5/c49-38(28-10-3-1-4-11-28)40(51)33-16-8-17-34(33)41-44-26-36(46-41)30-14-7-15-32(24-30)53-31-21-19-27(20-22-31)35-25-45-42(47-35)37-18-9-23-48(37)43(52)39(50)29-12-5-2-6-13-29/h1-7,10-15,19-22,24-26,33-34,37-39,49-50H,8-9,16-18,23H2,(H,44,46)(H,45,47)/t33?,34-,37-,38-,39-/m1/s1. The quantitative estimate of drug-likeness (QED) is 0.107. The molecule has 1 unspecified atom stereocenters. The number of carbonyl (C=O) groups is 2. The van der Waals surface area contributed by atoms with Crippen LogP contribution in [0, 0.1) is 5.92 Å². The monoisotopic (exact) mass is 707 g/mol. The summed E-state index contributed by atoms with van der Waals surface area (Å²) in [6, 6.07) is 33.4. The van der Waals surface area contributed by atoms with Crippen LogP contribution < -0.4 is 4.74 Å². The fourth-order valence-corrected chi connectivity index (χ4v) is 7.77. The first-order valence-electron chi connectivity index (χ1n) is 18.2. The molecular formula is C43H41N5O5. The molecule has 1 aliphatic carbocycles. The van der Waals surface area contributed by atoms with Crippen LogP contribution in [0.15, 0.2) is 122 Å². The Labute approximate surface area is 307 Å². The Morgan fingerprint density at radius 2 is 1.34 bits per heavy atom. The van der Waals surface area contributed by atoms with Gasteiger partial charge in [0.1, 0.15) is 29.3 Å². The second kappa shape index (κ2) is 15.0. The molecule has 4 N–H and O–H groups in total. The molecular weight excluding hydrogens is 667 g/mol. The van der Waals surface area contributed by atoms with Gasteiger partial charge in [-0.3, -0.25) is 9.59 Å². The topological polar surface area (TPSA) is 144 Å². The van der Waals surface area contributed by atoms with Crippen LogP contribution in [0.5, 0.6) is 11.5 Å². The van der Waals surface area contributed by atoms with E-state index in [1.165, 1.54) is 0 Å². The minimum absolute atomic E-state index is 0.0781. The summed E-state index contributed by atoms with van der Waals surface area (Å²) in [5, 5.41) is 21.6. The molecule has 1 saturated carbocycles. The Morgan fingerprint density at radius 3 is 2.08 bits per heavy atom. The van der Waals surface area contributed by atoms with Crippen molar-refractivity contribution < 1.29 is 24.5 Å². The van der Waals surface area contributed by atoms with E-state index in [1.807, 2.05) is 84.9 Å². The molecule has 1 saturated heterocycles. The largest absolute Gasteiger partial charge is 0.457 e. The Kier molecular flexibility index (Phi) is 9.71. The van der Waals surface area contributed by atoms with Gasteiger partial charge in [-0.2, -0.15) is 0 Å². The van der Waals surface area contributed by atoms with Crippen LogP contribution in [0.25, 0.3) is 22.5 Å². The second-order valence-corrected chi connectivity index (χ2v) is 13.9. The first-order chi connectivity index (χ1) is 25.9. The van der Waals surface area contributed by atoms with E-state index in [1.54, 1.807) is 41.6 Å². The van der Waals surface area contributed by atoms with E-state index >= 15 is 0 Å². The molecule has 0 bridgehead atoms. The molecule has 2 aromatic heterocycles. The van der Waals surface area contributed by atoms with E-state index in [4.69, 9.17) is 4.74 Å². The second-order valence-electron chi connectivity index (χ2n) is 13.9. The number of Topliss-reactive ketones (excluding diaryl/α,β-unsaturated/α-hetero) is 1. The maximum atomic E-state index is 13.3. The third kappa shape index (κ3) is 7.16. The lowest BCUT2D eigenvalue weighted by Gasteiger charge is -2.25. The van der Waals surface area contributed by atoms with Crippen LogP contribution in [0.4, 0.5) is 0 Å². The zero-order valence-electron chi connectivity index (χ0n) is 29.1. The third-order valence-electron chi connectivity index (χ3n) is 10.6. The maximum absolute atomic E-state index is 13.3. The van der Waals surface area contributed by atoms with Crippen molar-refractivity contribution in [1.29, 1.82) is 0 Å². The lowest BCUT2D eigenvalue weighted by Crippen LogP contribution is -2.35. The molecule has 0 radical (unpaired) electrons. The first-order valence-corrected chi connectivity index (χ1v) is 18.2. The number of hydrogen-bond donors (Lipinski definition) is 4. The summed E-state index contributed by atoms with van der Waals surface area (Å²) in [6.45, 7) is 0.570. The smallest absolute Gasteiger partial charge is 0.256 e. The predicted octanol–water partition coefficient (Wildman–Crippen LogP) is 7.84. The van der Waals surface area contributed by atoms with E-state index in [-0.39, 0.29) is 29.6 Å². The number of imidazole rings is 2. The summed E-state index contributed by atoms with van der Waals surface area (Å²) in [5.74, 6) is 1.95. The lowest BCUT2D eigenvalue weighted by molar-refractivity contribution is -0.141. The van der Waals surface area contributed by atoms with Gasteiger partial charge in [0.2, 0.25) is 0 Å². The number of ketones is 1. The zero-order chi connectivity index (χ0) is 36.3. The van der Waals surface area contributed by atoms with Gasteiger partial charge in [0.05, 0.1) is 29.8 Å². The van der Waals surface area contributed by atoms with E-state index in [2.05, 4.69) is 19.9 Å². The molecule has 2 aliphatic rings. The number of carbonyl (C=O) groups excluding carboxylic acids is 2. The number of aromatic nitrogens is 4. The van der Waals surface area contributed by atoms with Crippen molar-refractivity contribution >= 4 is 11.7 Å². The summed E-state index contributed by atoms with van der Waals surface area (Å²) >= 11 is 0. The molecule has 6 aromatic rings. The van der Waals surface area contributed by atoms with Gasteiger partial charge in [-0.05, 0) is 78.8 Å². The molecule has 1 amide bonds. The molecule has 10 nitrogen and oxygen atoms in total. The zero-order valence-corrected chi connectivity index (χ0v) is 29.1. The van der Waals surface area contributed by atoms with Crippen LogP contribution in [0.1, 0.15) is 79.0 Å². The summed E-state index contributed by atoms with van der Waals surface area (Å²) in [7, 11) is 0. The SMILES string of the molecule is O=C(C1CCC[C@H]1c1ncc(-c2cccc(Oc3ccc(-c4cnc([C@H]5CCCN5C(=O)[C@H](O)c5ccccc5)[nH]4)cc3)c2)[nH]1)[C@H](O)c1ccccc1. The number of aliphatic hydroxyl groups is 2. The lowest BCUT2D eigenvalue weighted by atomic mass is 9.87. The molecule has 53 heavy (non-hydrogen) atoms. The number of H-pyrrole nitrogens is 2. The van der Waals surface area contributed by atoms with Crippen LogP contribution in [0.3, 0.4) is 0 Å². The number of amides is 1. The van der Waals surface area contributed by atoms with Crippen LogP contribution in [-0.2, 0) is 9.59 Å². The Bertz CT molecular complexity index is 2180. The average molecular weight is 708 g/mol. The number of aliphatic hydroxyl groups excluding tert-OH is 2. The molecule has 268 valence electrons. The van der Waals surface area contributed by atoms with Crippen molar-refractivity contribution in [1.82, 2.24) is 24.8 Å². The minimum atomic E-state index is -1.21. The van der Waals surface area contributed by atoms with Gasteiger partial charge < -0.3 is 29.8 Å². The molecule has 4 aromatic carbocycles. The number of nitrogens with one attached hydrogen (secondary N) is 2. The van der Waals surface area contributed by atoms with E-state index in [0.717, 1.165) is 60.4 Å². The Balaban J connectivity index is 0.914. The highest BCUT2D eigenvalue weighted by Crippen LogP contribution is 2.42. The molecule has 1 aliphatic heterocycles. The van der Waals surface area contributed by atoms with Gasteiger partial charge >= 0.3 is 0 Å². The number of nitrogens with zero attached hydrogens (tertiary/aromatic N) is 3. The fourth-order valence-electron chi connectivity index (χ4n) is 7.77. The van der Waals surface area contributed by atoms with Gasteiger partial charge in [-0.15, -0.1) is 0 Å². The minimum Gasteiger partial charge on any atom is -0.457 e. The molecule has 2 fully saturated rings. The van der Waals surface area contributed by atoms with Gasteiger partial charge in [-0.1, -0.05) is 79.2 Å². The number of hydrogen-bond acceptors (Lipinski definition) is 7. The third-order valence-corrected chi connectivity index (χ3v) is 10.6. The molecule has 10 heteroatoms. The predicted molar refractivity (Wildman–Crippen MR) is 200 cm³/mol. The van der Waals surface area contributed by atoms with Crippen molar-refractivity contribution in [3.63, 3.8) is 0 Å². The highest BCUT2D eigenvalue weighted by Gasteiger charge is 2.39. The Morgan fingerprint density at radius 1 is 0.679 bits per heavy atom. The van der Waals surface area contributed by atoms with E-state index < -0.39 is 12.2 Å².